The van der Waals surface area contributed by atoms with Gasteiger partial charge in [-0.25, -0.2) is 5.48 Å². The van der Waals surface area contributed by atoms with Gasteiger partial charge in [0.25, 0.3) is 0 Å². The van der Waals surface area contributed by atoms with E-state index in [1.807, 2.05) is 13.0 Å². The van der Waals surface area contributed by atoms with Gasteiger partial charge in [-0.1, -0.05) is 24.3 Å². The van der Waals surface area contributed by atoms with Crippen LogP contribution in [-0.4, -0.2) is 11.2 Å². The molecule has 0 aromatic carbocycles. The van der Waals surface area contributed by atoms with Crippen LogP contribution in [0.2, 0.25) is 0 Å². The topological polar surface area (TPSA) is 32.3 Å². The van der Waals surface area contributed by atoms with Crippen molar-refractivity contribution in [1.29, 1.82) is 0 Å². The molecule has 0 saturated carbocycles. The molecule has 0 aromatic heterocycles. The van der Waals surface area contributed by atoms with Crippen molar-refractivity contribution in [3.8, 4) is 0 Å². The van der Waals surface area contributed by atoms with E-state index in [0.717, 1.165) is 12.8 Å². The maximum Gasteiger partial charge on any atom is 0.0331 e. The summed E-state index contributed by atoms with van der Waals surface area (Å²) in [6, 6.07) is 0.128. The Hall–Kier alpha value is -0.310. The van der Waals surface area contributed by atoms with E-state index in [1.165, 1.54) is 0 Å². The Balaban J connectivity index is 3.33. The lowest BCUT2D eigenvalue weighted by Crippen LogP contribution is -2.21. The molecule has 2 N–H and O–H groups in total. The minimum absolute atomic E-state index is 0.128. The second kappa shape index (κ2) is 6.40. The highest BCUT2D eigenvalue weighted by molar-refractivity contribution is 6.30. The Morgan fingerprint density at radius 3 is 2.91 bits per heavy atom. The highest BCUT2D eigenvalue weighted by Crippen LogP contribution is 2.02. The summed E-state index contributed by atoms with van der Waals surface area (Å²) < 4.78 is 0. The van der Waals surface area contributed by atoms with Crippen molar-refractivity contribution < 1.29 is 5.21 Å². The Morgan fingerprint density at radius 1 is 1.82 bits per heavy atom. The van der Waals surface area contributed by atoms with Crippen LogP contribution < -0.4 is 5.48 Å². The van der Waals surface area contributed by atoms with E-state index in [-0.39, 0.29) is 6.04 Å². The number of hydrogen-bond donors (Lipinski definition) is 2. The predicted molar refractivity (Wildman–Crippen MR) is 47.8 cm³/mol. The van der Waals surface area contributed by atoms with E-state index >= 15 is 0 Å². The summed E-state index contributed by atoms with van der Waals surface area (Å²) in [6.07, 6.45) is 5.46. The lowest BCUT2D eigenvalue weighted by molar-refractivity contribution is 0.129. The van der Waals surface area contributed by atoms with Gasteiger partial charge in [0.15, 0.2) is 0 Å². The molecule has 0 rings (SSSR count). The van der Waals surface area contributed by atoms with Gasteiger partial charge in [-0.15, -0.1) is 0 Å². The molecule has 3 heteroatoms. The zero-order valence-electron chi connectivity index (χ0n) is 6.68. The van der Waals surface area contributed by atoms with Crippen molar-refractivity contribution in [1.82, 2.24) is 5.48 Å². The molecule has 0 spiro atoms. The Bertz CT molecular complexity index is 145. The van der Waals surface area contributed by atoms with E-state index in [2.05, 4.69) is 12.1 Å². The molecule has 1 unspecified atom stereocenters. The molecule has 1 atom stereocenters. The highest BCUT2D eigenvalue weighted by Gasteiger charge is 1.94. The third kappa shape index (κ3) is 7.59. The number of rotatable bonds is 5. The van der Waals surface area contributed by atoms with Crippen molar-refractivity contribution in [2.75, 3.05) is 0 Å². The van der Waals surface area contributed by atoms with Gasteiger partial charge < -0.3 is 5.21 Å². The summed E-state index contributed by atoms with van der Waals surface area (Å²) in [5.41, 5.74) is 2.16. The number of hydroxylamine groups is 1. The molecular formula is C8H14ClNO. The molecule has 0 fully saturated rings. The smallest absolute Gasteiger partial charge is 0.0331 e. The van der Waals surface area contributed by atoms with Crippen molar-refractivity contribution >= 4 is 11.6 Å². The molecule has 0 saturated heterocycles. The van der Waals surface area contributed by atoms with Gasteiger partial charge in [-0.05, 0) is 25.8 Å². The van der Waals surface area contributed by atoms with Crippen LogP contribution in [0.4, 0.5) is 0 Å². The summed E-state index contributed by atoms with van der Waals surface area (Å²) in [5.74, 6) is 0. The van der Waals surface area contributed by atoms with E-state index in [1.54, 1.807) is 6.08 Å². The maximum absolute atomic E-state index is 8.43. The number of hydrogen-bond acceptors (Lipinski definition) is 2. The molecule has 0 radical (unpaired) electrons. The molecular weight excluding hydrogens is 162 g/mol. The normalized spacial score (nSPS) is 13.7. The van der Waals surface area contributed by atoms with Crippen molar-refractivity contribution in [3.05, 3.63) is 23.8 Å². The van der Waals surface area contributed by atoms with Gasteiger partial charge in [0.1, 0.15) is 0 Å². The molecule has 11 heavy (non-hydrogen) atoms. The van der Waals surface area contributed by atoms with Crippen LogP contribution in [0.15, 0.2) is 23.8 Å². The Morgan fingerprint density at radius 2 is 2.45 bits per heavy atom. The lowest BCUT2D eigenvalue weighted by atomic mass is 10.2. The van der Waals surface area contributed by atoms with Crippen LogP contribution >= 0.6 is 11.6 Å². The fraction of sp³-hybridized carbons (Fsp3) is 0.500. The fourth-order valence-corrected chi connectivity index (χ4v) is 0.711. The van der Waals surface area contributed by atoms with Crippen LogP contribution in [0.3, 0.4) is 0 Å². The van der Waals surface area contributed by atoms with Crippen molar-refractivity contribution in [2.45, 2.75) is 25.8 Å². The minimum Gasteiger partial charge on any atom is -0.317 e. The molecule has 0 aliphatic carbocycles. The second-order valence-corrected chi connectivity index (χ2v) is 2.94. The van der Waals surface area contributed by atoms with E-state index < -0.39 is 0 Å². The van der Waals surface area contributed by atoms with Crippen LogP contribution in [0.5, 0.6) is 0 Å². The van der Waals surface area contributed by atoms with Crippen LogP contribution in [0, 0.1) is 0 Å². The van der Waals surface area contributed by atoms with Crippen LogP contribution in [-0.2, 0) is 0 Å². The Labute approximate surface area is 72.5 Å². The second-order valence-electron chi connectivity index (χ2n) is 2.46. The first-order valence-electron chi connectivity index (χ1n) is 3.57. The highest BCUT2D eigenvalue weighted by atomic mass is 35.5. The quantitative estimate of drug-likeness (QED) is 0.497. The first-order chi connectivity index (χ1) is 5.16. The first kappa shape index (κ1) is 10.7. The summed E-state index contributed by atoms with van der Waals surface area (Å²) >= 11 is 5.48. The van der Waals surface area contributed by atoms with E-state index in [0.29, 0.717) is 5.03 Å². The monoisotopic (exact) mass is 175 g/mol. The van der Waals surface area contributed by atoms with Gasteiger partial charge in [0.2, 0.25) is 0 Å². The maximum atomic E-state index is 8.43. The summed E-state index contributed by atoms with van der Waals surface area (Å²) in [5, 5.41) is 8.96. The van der Waals surface area contributed by atoms with E-state index in [9.17, 15) is 0 Å². The van der Waals surface area contributed by atoms with Crippen molar-refractivity contribution in [3.63, 3.8) is 0 Å². The van der Waals surface area contributed by atoms with Gasteiger partial charge in [0, 0.05) is 11.1 Å². The van der Waals surface area contributed by atoms with Gasteiger partial charge in [-0.3, -0.25) is 0 Å². The number of nitrogens with one attached hydrogen (secondary N) is 1. The standard InChI is InChI=1S/C8H14ClNO/c1-7(9)5-3-4-6-8(2)10-11/h3,5,8,10-11H,1,4,6H2,2H3/b5-3-. The molecule has 0 aliphatic rings. The molecule has 0 amide bonds. The summed E-state index contributed by atoms with van der Waals surface area (Å²) in [4.78, 5) is 0. The molecule has 64 valence electrons. The van der Waals surface area contributed by atoms with Crippen molar-refractivity contribution in [2.24, 2.45) is 0 Å². The molecule has 2 nitrogen and oxygen atoms in total. The fourth-order valence-electron chi connectivity index (χ4n) is 0.622. The zero-order chi connectivity index (χ0) is 8.69. The summed E-state index contributed by atoms with van der Waals surface area (Å²) in [6.45, 7) is 5.41. The van der Waals surface area contributed by atoms with Gasteiger partial charge in [-0.2, -0.15) is 0 Å². The largest absolute Gasteiger partial charge is 0.317 e. The minimum atomic E-state index is 0.128. The van der Waals surface area contributed by atoms with Crippen LogP contribution in [0.25, 0.3) is 0 Å². The zero-order valence-corrected chi connectivity index (χ0v) is 7.43. The third-order valence-corrected chi connectivity index (χ3v) is 1.41. The number of allylic oxidation sites excluding steroid dienone is 3. The number of halogens is 1. The lowest BCUT2D eigenvalue weighted by Gasteiger charge is -2.04. The molecule has 0 aliphatic heterocycles. The SMILES string of the molecule is C=C(Cl)/C=C\CCC(C)NO. The third-order valence-electron chi connectivity index (χ3n) is 1.29. The molecule has 0 aromatic rings. The molecule has 0 heterocycles. The van der Waals surface area contributed by atoms with E-state index in [4.69, 9.17) is 16.8 Å². The predicted octanol–water partition coefficient (Wildman–Crippen LogP) is 2.44. The molecule has 0 bridgehead atoms. The van der Waals surface area contributed by atoms with Gasteiger partial charge >= 0.3 is 0 Å². The van der Waals surface area contributed by atoms with Gasteiger partial charge in [0.05, 0.1) is 0 Å². The van der Waals surface area contributed by atoms with Crippen LogP contribution in [0.1, 0.15) is 19.8 Å². The summed E-state index contributed by atoms with van der Waals surface area (Å²) in [7, 11) is 0. The average molecular weight is 176 g/mol. The average Bonchev–Trinajstić information content (AvgIpc) is 1.97. The Kier molecular flexibility index (Phi) is 6.22. The first-order valence-corrected chi connectivity index (χ1v) is 3.95.